The molecule has 0 aliphatic carbocycles. The zero-order valence-electron chi connectivity index (χ0n) is 21.0. The summed E-state index contributed by atoms with van der Waals surface area (Å²) in [6.45, 7) is 2.22. The van der Waals surface area contributed by atoms with Gasteiger partial charge in [0.05, 0.1) is 0 Å². The van der Waals surface area contributed by atoms with Gasteiger partial charge in [-0.15, -0.1) is 0 Å². The smallest absolute Gasteiger partial charge is 0.0462 e. The summed E-state index contributed by atoms with van der Waals surface area (Å²) in [4.78, 5) is 2.32. The summed E-state index contributed by atoms with van der Waals surface area (Å²) in [6.07, 6.45) is 1.04. The molecule has 0 aliphatic heterocycles. The van der Waals surface area contributed by atoms with Gasteiger partial charge in [0.15, 0.2) is 0 Å². The Morgan fingerprint density at radius 1 is 0.405 bits per heavy atom. The van der Waals surface area contributed by atoms with Crippen LogP contribution < -0.4 is 4.90 Å². The van der Waals surface area contributed by atoms with Crippen molar-refractivity contribution in [2.45, 2.75) is 13.3 Å². The third-order valence-corrected chi connectivity index (χ3v) is 7.08. The van der Waals surface area contributed by atoms with Gasteiger partial charge in [-0.3, -0.25) is 0 Å². The van der Waals surface area contributed by atoms with Crippen molar-refractivity contribution in [1.29, 1.82) is 0 Å². The summed E-state index contributed by atoms with van der Waals surface area (Å²) in [7, 11) is 0. The Labute approximate surface area is 219 Å². The molecule has 0 amide bonds. The molecule has 0 radical (unpaired) electrons. The highest BCUT2D eigenvalue weighted by molar-refractivity contribution is 5.98. The summed E-state index contributed by atoms with van der Waals surface area (Å²) in [5, 5.41) is 2.65. The maximum Gasteiger partial charge on any atom is 0.0462 e. The van der Waals surface area contributed by atoms with E-state index in [-0.39, 0.29) is 0 Å². The van der Waals surface area contributed by atoms with E-state index >= 15 is 0 Å². The highest BCUT2D eigenvalue weighted by Crippen LogP contribution is 2.37. The molecule has 0 aliphatic rings. The number of hydrogen-bond donors (Lipinski definition) is 0. The topological polar surface area (TPSA) is 3.24 Å². The molecule has 0 saturated heterocycles. The maximum absolute atomic E-state index is 2.32. The fraction of sp³-hybridized carbons (Fsp3) is 0.0556. The van der Waals surface area contributed by atoms with Gasteiger partial charge < -0.3 is 4.90 Å². The molecule has 0 saturated carbocycles. The van der Waals surface area contributed by atoms with Crippen molar-refractivity contribution >= 4 is 27.8 Å². The molecule has 6 rings (SSSR count). The Hall–Kier alpha value is -4.62. The molecule has 0 bridgehead atoms. The number of nitrogens with zero attached hydrogens (tertiary/aromatic N) is 1. The molecular formula is C36H29N. The van der Waals surface area contributed by atoms with Crippen molar-refractivity contribution in [1.82, 2.24) is 0 Å². The lowest BCUT2D eigenvalue weighted by molar-refractivity contribution is 1.16. The highest BCUT2D eigenvalue weighted by atomic mass is 15.1. The van der Waals surface area contributed by atoms with Crippen molar-refractivity contribution in [3.8, 4) is 22.3 Å². The van der Waals surface area contributed by atoms with Gasteiger partial charge in [-0.05, 0) is 81.4 Å². The van der Waals surface area contributed by atoms with E-state index in [4.69, 9.17) is 0 Å². The average molecular weight is 476 g/mol. The van der Waals surface area contributed by atoms with Gasteiger partial charge in [-0.2, -0.15) is 0 Å². The van der Waals surface area contributed by atoms with Crippen LogP contribution in [0.5, 0.6) is 0 Å². The third kappa shape index (κ3) is 4.52. The van der Waals surface area contributed by atoms with Crippen LogP contribution in [0.1, 0.15) is 12.5 Å². The molecule has 1 nitrogen and oxygen atoms in total. The molecule has 0 unspecified atom stereocenters. The second kappa shape index (κ2) is 10.2. The molecule has 0 atom stereocenters. The van der Waals surface area contributed by atoms with Gasteiger partial charge in [-0.1, -0.05) is 116 Å². The van der Waals surface area contributed by atoms with E-state index in [1.807, 2.05) is 0 Å². The lowest BCUT2D eigenvalue weighted by Crippen LogP contribution is -2.09. The van der Waals surface area contributed by atoms with E-state index in [0.29, 0.717) is 0 Å². The number of anilines is 3. The first-order valence-electron chi connectivity index (χ1n) is 12.9. The van der Waals surface area contributed by atoms with Crippen LogP contribution in [0.3, 0.4) is 0 Å². The minimum atomic E-state index is 1.04. The van der Waals surface area contributed by atoms with Gasteiger partial charge >= 0.3 is 0 Å². The van der Waals surface area contributed by atoms with E-state index in [2.05, 4.69) is 157 Å². The Kier molecular flexibility index (Phi) is 6.27. The first-order chi connectivity index (χ1) is 18.3. The Morgan fingerprint density at radius 2 is 0.892 bits per heavy atom. The number of rotatable bonds is 6. The maximum atomic E-state index is 2.32. The molecule has 37 heavy (non-hydrogen) atoms. The van der Waals surface area contributed by atoms with E-state index < -0.39 is 0 Å². The normalized spacial score (nSPS) is 10.9. The molecule has 0 N–H and O–H groups in total. The van der Waals surface area contributed by atoms with E-state index in [1.54, 1.807) is 0 Å². The monoisotopic (exact) mass is 475 g/mol. The van der Waals surface area contributed by atoms with Crippen LogP contribution in [0.4, 0.5) is 17.1 Å². The third-order valence-electron chi connectivity index (χ3n) is 7.08. The lowest BCUT2D eigenvalue weighted by atomic mass is 9.94. The molecule has 0 heterocycles. The SMILES string of the molecule is CCc1ccc(-c2ccc(N(c3ccccc3)c3ccc(-c4ccccc4)cc3)cc2)c2ccccc12. The second-order valence-electron chi connectivity index (χ2n) is 9.30. The number of fused-ring (bicyclic) bond motifs is 1. The minimum Gasteiger partial charge on any atom is -0.311 e. The van der Waals surface area contributed by atoms with Gasteiger partial charge in [0.1, 0.15) is 0 Å². The minimum absolute atomic E-state index is 1.04. The highest BCUT2D eigenvalue weighted by Gasteiger charge is 2.13. The molecule has 1 heteroatoms. The van der Waals surface area contributed by atoms with Crippen LogP contribution in [-0.2, 0) is 6.42 Å². The van der Waals surface area contributed by atoms with Gasteiger partial charge in [0, 0.05) is 17.1 Å². The summed E-state index contributed by atoms with van der Waals surface area (Å²) >= 11 is 0. The predicted octanol–water partition coefficient (Wildman–Crippen LogP) is 10.2. The van der Waals surface area contributed by atoms with Crippen LogP contribution in [0.15, 0.2) is 146 Å². The van der Waals surface area contributed by atoms with E-state index in [1.165, 1.54) is 38.6 Å². The summed E-state index contributed by atoms with van der Waals surface area (Å²) < 4.78 is 0. The molecule has 0 fully saturated rings. The molecule has 6 aromatic carbocycles. The van der Waals surface area contributed by atoms with Crippen molar-refractivity contribution in [2.75, 3.05) is 4.90 Å². The predicted molar refractivity (Wildman–Crippen MR) is 159 cm³/mol. The fourth-order valence-electron chi connectivity index (χ4n) is 5.17. The van der Waals surface area contributed by atoms with Gasteiger partial charge in [0.2, 0.25) is 0 Å². The van der Waals surface area contributed by atoms with Crippen LogP contribution in [0, 0.1) is 0 Å². The van der Waals surface area contributed by atoms with Crippen LogP contribution >= 0.6 is 0 Å². The van der Waals surface area contributed by atoms with E-state index in [9.17, 15) is 0 Å². The largest absolute Gasteiger partial charge is 0.311 e. The molecule has 0 aromatic heterocycles. The van der Waals surface area contributed by atoms with Crippen molar-refractivity contribution in [2.24, 2.45) is 0 Å². The summed E-state index contributed by atoms with van der Waals surface area (Å²) in [6, 6.07) is 52.2. The number of aryl methyl sites for hydroxylation is 1. The van der Waals surface area contributed by atoms with Gasteiger partial charge in [-0.25, -0.2) is 0 Å². The first-order valence-corrected chi connectivity index (χ1v) is 12.9. The van der Waals surface area contributed by atoms with E-state index in [0.717, 1.165) is 23.5 Å². The number of para-hydroxylation sites is 1. The van der Waals surface area contributed by atoms with Gasteiger partial charge in [0.25, 0.3) is 0 Å². The quantitative estimate of drug-likeness (QED) is 0.232. The number of benzene rings is 6. The van der Waals surface area contributed by atoms with Crippen molar-refractivity contribution < 1.29 is 0 Å². The zero-order valence-corrected chi connectivity index (χ0v) is 21.0. The summed E-state index contributed by atoms with van der Waals surface area (Å²) in [5.74, 6) is 0. The first kappa shape index (κ1) is 22.8. The Balaban J connectivity index is 1.39. The summed E-state index contributed by atoms with van der Waals surface area (Å²) in [5.41, 5.74) is 9.76. The Morgan fingerprint density at radius 3 is 1.51 bits per heavy atom. The molecule has 6 aromatic rings. The lowest BCUT2D eigenvalue weighted by Gasteiger charge is -2.26. The standard InChI is InChI=1S/C36H29N/c1-2-27-21-26-35(36-16-10-9-15-34(27)36)30-19-24-33(25-20-30)37(31-13-7-4-8-14-31)32-22-17-29(18-23-32)28-11-5-3-6-12-28/h3-26H,2H2,1H3. The van der Waals surface area contributed by atoms with Crippen LogP contribution in [0.2, 0.25) is 0 Å². The fourth-order valence-corrected chi connectivity index (χ4v) is 5.17. The zero-order chi connectivity index (χ0) is 25.0. The Bertz CT molecular complexity index is 1620. The molecule has 0 spiro atoms. The number of hydrogen-bond acceptors (Lipinski definition) is 1. The van der Waals surface area contributed by atoms with Crippen molar-refractivity contribution in [3.63, 3.8) is 0 Å². The second-order valence-corrected chi connectivity index (χ2v) is 9.30. The molecule has 178 valence electrons. The van der Waals surface area contributed by atoms with Crippen LogP contribution in [0.25, 0.3) is 33.0 Å². The average Bonchev–Trinajstić information content (AvgIpc) is 2.98. The molecular weight excluding hydrogens is 446 g/mol. The van der Waals surface area contributed by atoms with Crippen LogP contribution in [-0.4, -0.2) is 0 Å². The van der Waals surface area contributed by atoms with Crippen molar-refractivity contribution in [3.05, 3.63) is 151 Å².